The highest BCUT2D eigenvalue weighted by Gasteiger charge is 2.39. The zero-order valence-corrected chi connectivity index (χ0v) is 14.4. The predicted octanol–water partition coefficient (Wildman–Crippen LogP) is 1.75. The van der Waals surface area contributed by atoms with Gasteiger partial charge >= 0.3 is 0 Å². The Morgan fingerprint density at radius 1 is 1.26 bits per heavy atom. The van der Waals surface area contributed by atoms with Gasteiger partial charge in [-0.15, -0.1) is 12.4 Å². The highest BCUT2D eigenvalue weighted by molar-refractivity contribution is 5.85. The van der Waals surface area contributed by atoms with E-state index in [-0.39, 0.29) is 30.4 Å². The minimum absolute atomic E-state index is 0. The molecule has 1 saturated heterocycles. The van der Waals surface area contributed by atoms with E-state index in [1.807, 2.05) is 6.92 Å². The lowest BCUT2D eigenvalue weighted by Gasteiger charge is -2.31. The lowest BCUT2D eigenvalue weighted by molar-refractivity contribution is -0.131. The van der Waals surface area contributed by atoms with Crippen LogP contribution in [0.15, 0.2) is 0 Å². The second-order valence-corrected chi connectivity index (χ2v) is 6.15. The standard InChI is InChI=1S/C16H24N4O2.ClH/c1-2-22-12-16(7-3-4-8-16)19-11-15(21)20-13(9-17)5-6-14(20)10-18;/h13-14,19H,2-8,11-12H2,1H3;1H/t13-,14+;. The summed E-state index contributed by atoms with van der Waals surface area (Å²) in [5, 5.41) is 21.7. The zero-order valence-electron chi connectivity index (χ0n) is 13.6. The van der Waals surface area contributed by atoms with E-state index >= 15 is 0 Å². The van der Waals surface area contributed by atoms with Crippen LogP contribution in [0.25, 0.3) is 0 Å². The average molecular weight is 341 g/mol. The summed E-state index contributed by atoms with van der Waals surface area (Å²) >= 11 is 0. The van der Waals surface area contributed by atoms with E-state index in [1.54, 1.807) is 0 Å². The normalized spacial score (nSPS) is 25.4. The van der Waals surface area contributed by atoms with Crippen molar-refractivity contribution in [3.8, 4) is 12.1 Å². The first kappa shape index (κ1) is 19.7. The molecule has 0 bridgehead atoms. The van der Waals surface area contributed by atoms with E-state index in [9.17, 15) is 4.79 Å². The number of ether oxygens (including phenoxy) is 1. The van der Waals surface area contributed by atoms with Crippen LogP contribution in [0.5, 0.6) is 0 Å². The average Bonchev–Trinajstić information content (AvgIpc) is 3.17. The molecule has 6 nitrogen and oxygen atoms in total. The lowest BCUT2D eigenvalue weighted by Crippen LogP contribution is -2.52. The maximum atomic E-state index is 12.5. The number of hydrogen-bond acceptors (Lipinski definition) is 5. The van der Waals surface area contributed by atoms with Gasteiger partial charge < -0.3 is 15.0 Å². The first-order chi connectivity index (χ1) is 10.7. The van der Waals surface area contributed by atoms with Gasteiger partial charge in [-0.05, 0) is 32.6 Å². The number of nitrogens with zero attached hydrogens (tertiary/aromatic N) is 3. The first-order valence-electron chi connectivity index (χ1n) is 8.09. The summed E-state index contributed by atoms with van der Waals surface area (Å²) in [5.74, 6) is -0.154. The molecule has 2 atom stereocenters. The number of nitrogens with one attached hydrogen (secondary N) is 1. The number of carbonyl (C=O) groups excluding carboxylic acids is 1. The molecule has 128 valence electrons. The summed E-state index contributed by atoms with van der Waals surface area (Å²) in [6.07, 6.45) is 5.46. The Kier molecular flexibility index (Phi) is 7.78. The molecule has 2 aliphatic rings. The van der Waals surface area contributed by atoms with E-state index < -0.39 is 12.1 Å². The molecule has 0 radical (unpaired) electrons. The zero-order chi connectivity index (χ0) is 16.0. The molecule has 1 N–H and O–H groups in total. The molecule has 0 aromatic heterocycles. The Morgan fingerprint density at radius 2 is 1.83 bits per heavy atom. The van der Waals surface area contributed by atoms with E-state index in [0.717, 1.165) is 25.7 Å². The van der Waals surface area contributed by atoms with Gasteiger partial charge in [-0.25, -0.2) is 0 Å². The van der Waals surface area contributed by atoms with E-state index in [2.05, 4.69) is 17.5 Å². The van der Waals surface area contributed by atoms with Gasteiger partial charge in [0.1, 0.15) is 12.1 Å². The molecule has 2 rings (SSSR count). The van der Waals surface area contributed by atoms with Gasteiger partial charge in [0, 0.05) is 12.1 Å². The van der Waals surface area contributed by atoms with Crippen LogP contribution >= 0.6 is 12.4 Å². The van der Waals surface area contributed by atoms with Gasteiger partial charge in [-0.1, -0.05) is 12.8 Å². The molecular formula is C16H25ClN4O2. The summed E-state index contributed by atoms with van der Waals surface area (Å²) in [4.78, 5) is 13.9. The molecule has 1 aliphatic heterocycles. The number of amides is 1. The van der Waals surface area contributed by atoms with Crippen molar-refractivity contribution in [3.05, 3.63) is 0 Å². The Bertz CT molecular complexity index is 457. The van der Waals surface area contributed by atoms with Crippen molar-refractivity contribution in [2.45, 2.75) is 63.1 Å². The molecule has 7 heteroatoms. The van der Waals surface area contributed by atoms with Crippen LogP contribution in [0.1, 0.15) is 45.4 Å². The van der Waals surface area contributed by atoms with Crippen molar-refractivity contribution >= 4 is 18.3 Å². The van der Waals surface area contributed by atoms with Crippen molar-refractivity contribution in [1.82, 2.24) is 10.2 Å². The number of rotatable bonds is 6. The number of halogens is 1. The predicted molar refractivity (Wildman–Crippen MR) is 87.8 cm³/mol. The number of nitriles is 2. The molecule has 2 fully saturated rings. The topological polar surface area (TPSA) is 89.2 Å². The van der Waals surface area contributed by atoms with E-state index in [1.165, 1.54) is 4.90 Å². The monoisotopic (exact) mass is 340 g/mol. The van der Waals surface area contributed by atoms with Crippen LogP contribution in [0.2, 0.25) is 0 Å². The molecule has 0 unspecified atom stereocenters. The van der Waals surface area contributed by atoms with Gasteiger partial charge in [0.05, 0.1) is 25.3 Å². The smallest absolute Gasteiger partial charge is 0.238 e. The van der Waals surface area contributed by atoms with Crippen molar-refractivity contribution in [2.24, 2.45) is 0 Å². The van der Waals surface area contributed by atoms with Crippen LogP contribution in [0, 0.1) is 22.7 Å². The van der Waals surface area contributed by atoms with Gasteiger partial charge in [0.2, 0.25) is 5.91 Å². The summed E-state index contributed by atoms with van der Waals surface area (Å²) in [6, 6.07) is 3.33. The Hall–Kier alpha value is -1.34. The Labute approximate surface area is 144 Å². The SMILES string of the molecule is CCOCC1(NCC(=O)N2[C@H](C#N)CC[C@@H]2C#N)CCCC1.Cl. The van der Waals surface area contributed by atoms with E-state index in [0.29, 0.717) is 26.1 Å². The third-order valence-corrected chi connectivity index (χ3v) is 4.73. The lowest BCUT2D eigenvalue weighted by atomic mass is 9.99. The van der Waals surface area contributed by atoms with Crippen LogP contribution in [-0.2, 0) is 9.53 Å². The minimum Gasteiger partial charge on any atom is -0.380 e. The summed E-state index contributed by atoms with van der Waals surface area (Å²) in [5.41, 5.74) is -0.129. The molecule has 1 amide bonds. The fourth-order valence-corrected chi connectivity index (χ4v) is 3.49. The highest BCUT2D eigenvalue weighted by atomic mass is 35.5. The van der Waals surface area contributed by atoms with Crippen LogP contribution in [-0.4, -0.2) is 48.2 Å². The van der Waals surface area contributed by atoms with Gasteiger partial charge in [-0.2, -0.15) is 10.5 Å². The molecule has 1 aliphatic carbocycles. The molecule has 0 aromatic rings. The number of hydrogen-bond donors (Lipinski definition) is 1. The molecule has 1 heterocycles. The molecule has 0 spiro atoms. The highest BCUT2D eigenvalue weighted by Crippen LogP contribution is 2.30. The van der Waals surface area contributed by atoms with Crippen molar-refractivity contribution in [1.29, 1.82) is 10.5 Å². The molecule has 0 aromatic carbocycles. The first-order valence-corrected chi connectivity index (χ1v) is 8.09. The largest absolute Gasteiger partial charge is 0.380 e. The minimum atomic E-state index is -0.467. The van der Waals surface area contributed by atoms with Gasteiger partial charge in [-0.3, -0.25) is 4.79 Å². The molecule has 23 heavy (non-hydrogen) atoms. The van der Waals surface area contributed by atoms with Crippen LogP contribution < -0.4 is 5.32 Å². The van der Waals surface area contributed by atoms with Crippen molar-refractivity contribution in [3.63, 3.8) is 0 Å². The quantitative estimate of drug-likeness (QED) is 0.795. The second-order valence-electron chi connectivity index (χ2n) is 6.15. The third-order valence-electron chi connectivity index (χ3n) is 4.73. The van der Waals surface area contributed by atoms with Crippen LogP contribution in [0.4, 0.5) is 0 Å². The maximum Gasteiger partial charge on any atom is 0.238 e. The Balaban J connectivity index is 0.00000264. The third kappa shape index (κ3) is 4.57. The van der Waals surface area contributed by atoms with Crippen molar-refractivity contribution in [2.75, 3.05) is 19.8 Å². The second kappa shape index (κ2) is 9.08. The fraction of sp³-hybridized carbons (Fsp3) is 0.812. The Morgan fingerprint density at radius 3 is 2.30 bits per heavy atom. The van der Waals surface area contributed by atoms with E-state index in [4.69, 9.17) is 15.3 Å². The summed E-state index contributed by atoms with van der Waals surface area (Å²) in [7, 11) is 0. The van der Waals surface area contributed by atoms with Crippen molar-refractivity contribution < 1.29 is 9.53 Å². The van der Waals surface area contributed by atoms with Gasteiger partial charge in [0.25, 0.3) is 0 Å². The fourth-order valence-electron chi connectivity index (χ4n) is 3.49. The molecule has 1 saturated carbocycles. The summed E-state index contributed by atoms with van der Waals surface area (Å²) < 4.78 is 5.57. The number of likely N-dealkylation sites (tertiary alicyclic amines) is 1. The van der Waals surface area contributed by atoms with Crippen LogP contribution in [0.3, 0.4) is 0 Å². The summed E-state index contributed by atoms with van der Waals surface area (Å²) in [6.45, 7) is 3.41. The van der Waals surface area contributed by atoms with Gasteiger partial charge in [0.15, 0.2) is 0 Å². The maximum absolute atomic E-state index is 12.5. The molecular weight excluding hydrogens is 316 g/mol. The number of carbonyl (C=O) groups is 1.